The zero-order valence-electron chi connectivity index (χ0n) is 7.80. The van der Waals surface area contributed by atoms with Crippen LogP contribution in [0.25, 0.3) is 0 Å². The molecule has 0 saturated carbocycles. The first-order valence-electron chi connectivity index (χ1n) is 4.81. The fourth-order valence-corrected chi connectivity index (χ4v) is 3.24. The van der Waals surface area contributed by atoms with E-state index in [1.165, 1.54) is 23.3 Å². The minimum atomic E-state index is 0.234. The highest BCUT2D eigenvalue weighted by Gasteiger charge is 2.12. The second-order valence-corrected chi connectivity index (χ2v) is 5.57. The maximum Gasteiger partial charge on any atom is 0.0548 e. The summed E-state index contributed by atoms with van der Waals surface area (Å²) in [6.07, 6.45) is 6.69. The summed E-state index contributed by atoms with van der Waals surface area (Å²) in [7, 11) is 0. The van der Waals surface area contributed by atoms with E-state index in [1.807, 2.05) is 11.4 Å². The van der Waals surface area contributed by atoms with Crippen LogP contribution in [0.1, 0.15) is 24.1 Å². The van der Waals surface area contributed by atoms with E-state index < -0.39 is 0 Å². The lowest BCUT2D eigenvalue weighted by Gasteiger charge is -2.15. The maximum atomic E-state index is 6.09. The van der Waals surface area contributed by atoms with Gasteiger partial charge in [0.05, 0.1) is 10.4 Å². The Labute approximate surface area is 98.5 Å². The lowest BCUT2D eigenvalue weighted by Crippen LogP contribution is -2.04. The summed E-state index contributed by atoms with van der Waals surface area (Å²) >= 11 is 13.9. The summed E-state index contributed by atoms with van der Waals surface area (Å²) in [6, 6.07) is 1.96. The van der Waals surface area contributed by atoms with Crippen LogP contribution in [0.15, 0.2) is 23.1 Å². The molecule has 2 rings (SSSR count). The average molecular weight is 247 g/mol. The minimum absolute atomic E-state index is 0.234. The molecule has 0 amide bonds. The van der Waals surface area contributed by atoms with Crippen LogP contribution in [0.2, 0.25) is 5.02 Å². The van der Waals surface area contributed by atoms with Crippen molar-refractivity contribution in [2.24, 2.45) is 0 Å². The summed E-state index contributed by atoms with van der Waals surface area (Å²) in [5.41, 5.74) is 1.45. The van der Waals surface area contributed by atoms with Gasteiger partial charge in [0.2, 0.25) is 0 Å². The lowest BCUT2D eigenvalue weighted by molar-refractivity contribution is 0.695. The number of hydrogen-bond donors (Lipinski definition) is 0. The molecule has 14 heavy (non-hydrogen) atoms. The van der Waals surface area contributed by atoms with Crippen molar-refractivity contribution in [3.63, 3.8) is 0 Å². The standard InChI is InChI=1S/C11H12Cl2S/c12-9-3-1-2-8(6-9)7-11-10(13)4-5-14-11/h4-6,9H,1-3,7H2. The van der Waals surface area contributed by atoms with E-state index in [4.69, 9.17) is 23.2 Å². The largest absolute Gasteiger partial charge is 0.147 e. The number of alkyl halides is 1. The highest BCUT2D eigenvalue weighted by molar-refractivity contribution is 7.10. The van der Waals surface area contributed by atoms with E-state index in [-0.39, 0.29) is 5.38 Å². The van der Waals surface area contributed by atoms with Crippen molar-refractivity contribution in [1.29, 1.82) is 0 Å². The number of allylic oxidation sites excluding steroid dienone is 2. The zero-order chi connectivity index (χ0) is 9.97. The fourth-order valence-electron chi connectivity index (χ4n) is 1.75. The maximum absolute atomic E-state index is 6.09. The molecule has 1 aliphatic carbocycles. The van der Waals surface area contributed by atoms with Crippen LogP contribution in [0.5, 0.6) is 0 Å². The Bertz CT molecular complexity index is 341. The van der Waals surface area contributed by atoms with Crippen LogP contribution in [-0.4, -0.2) is 5.38 Å². The van der Waals surface area contributed by atoms with E-state index in [1.54, 1.807) is 11.3 Å². The van der Waals surface area contributed by atoms with Gasteiger partial charge in [-0.3, -0.25) is 0 Å². The van der Waals surface area contributed by atoms with Crippen LogP contribution < -0.4 is 0 Å². The molecule has 0 fully saturated rings. The molecule has 1 aliphatic rings. The second-order valence-electron chi connectivity index (χ2n) is 3.60. The van der Waals surface area contributed by atoms with E-state index in [9.17, 15) is 0 Å². The molecule has 0 nitrogen and oxygen atoms in total. The first-order chi connectivity index (χ1) is 6.75. The average Bonchev–Trinajstić information content (AvgIpc) is 2.52. The van der Waals surface area contributed by atoms with Gasteiger partial charge in [-0.2, -0.15) is 0 Å². The molecule has 1 heterocycles. The fraction of sp³-hybridized carbons (Fsp3) is 0.455. The van der Waals surface area contributed by atoms with Crippen LogP contribution in [-0.2, 0) is 6.42 Å². The Hall–Kier alpha value is 0.0200. The second kappa shape index (κ2) is 4.69. The monoisotopic (exact) mass is 246 g/mol. The van der Waals surface area contributed by atoms with Gasteiger partial charge >= 0.3 is 0 Å². The van der Waals surface area contributed by atoms with Crippen LogP contribution >= 0.6 is 34.5 Å². The third-order valence-corrected chi connectivity index (χ3v) is 4.20. The third kappa shape index (κ3) is 2.53. The molecule has 1 aromatic heterocycles. The Kier molecular flexibility index (Phi) is 3.53. The summed E-state index contributed by atoms with van der Waals surface area (Å²) < 4.78 is 0. The minimum Gasteiger partial charge on any atom is -0.147 e. The van der Waals surface area contributed by atoms with E-state index >= 15 is 0 Å². The normalized spacial score (nSPS) is 22.1. The Balaban J connectivity index is 2.07. The van der Waals surface area contributed by atoms with Gasteiger partial charge in [-0.05, 0) is 30.7 Å². The lowest BCUT2D eigenvalue weighted by atomic mass is 9.96. The number of hydrogen-bond acceptors (Lipinski definition) is 1. The van der Waals surface area contributed by atoms with Crippen molar-refractivity contribution in [1.82, 2.24) is 0 Å². The molecular formula is C11H12Cl2S. The van der Waals surface area contributed by atoms with Gasteiger partial charge in [0.1, 0.15) is 0 Å². The van der Waals surface area contributed by atoms with Crippen LogP contribution in [0.4, 0.5) is 0 Å². The van der Waals surface area contributed by atoms with Crippen molar-refractivity contribution in [3.8, 4) is 0 Å². The smallest absolute Gasteiger partial charge is 0.0548 e. The van der Waals surface area contributed by atoms with Gasteiger partial charge in [0.25, 0.3) is 0 Å². The molecule has 1 atom stereocenters. The molecule has 1 aromatic rings. The molecule has 0 aliphatic heterocycles. The topological polar surface area (TPSA) is 0 Å². The highest BCUT2D eigenvalue weighted by atomic mass is 35.5. The molecule has 0 aromatic carbocycles. The summed E-state index contributed by atoms with van der Waals surface area (Å²) in [5, 5.41) is 3.17. The quantitative estimate of drug-likeness (QED) is 0.526. The van der Waals surface area contributed by atoms with Crippen molar-refractivity contribution in [2.45, 2.75) is 31.1 Å². The van der Waals surface area contributed by atoms with E-state index in [0.717, 1.165) is 17.9 Å². The van der Waals surface area contributed by atoms with Gasteiger partial charge in [0.15, 0.2) is 0 Å². The summed E-state index contributed by atoms with van der Waals surface area (Å²) in [6.45, 7) is 0. The van der Waals surface area contributed by atoms with Gasteiger partial charge in [-0.25, -0.2) is 0 Å². The molecule has 3 heteroatoms. The predicted molar refractivity (Wildman–Crippen MR) is 64.6 cm³/mol. The predicted octanol–water partition coefficient (Wildman–Crippen LogP) is 4.66. The Morgan fingerprint density at radius 2 is 2.36 bits per heavy atom. The highest BCUT2D eigenvalue weighted by Crippen LogP contribution is 2.29. The Morgan fingerprint density at radius 3 is 3.00 bits per heavy atom. The molecular weight excluding hydrogens is 235 g/mol. The van der Waals surface area contributed by atoms with Crippen molar-refractivity contribution in [2.75, 3.05) is 0 Å². The number of rotatable bonds is 2. The molecule has 0 radical (unpaired) electrons. The van der Waals surface area contributed by atoms with E-state index in [2.05, 4.69) is 6.08 Å². The molecule has 0 saturated heterocycles. The van der Waals surface area contributed by atoms with Crippen molar-refractivity contribution < 1.29 is 0 Å². The van der Waals surface area contributed by atoms with Crippen LogP contribution in [0, 0.1) is 0 Å². The van der Waals surface area contributed by atoms with Crippen molar-refractivity contribution in [3.05, 3.63) is 33.0 Å². The number of thiophene rings is 1. The molecule has 0 spiro atoms. The summed E-state index contributed by atoms with van der Waals surface area (Å²) in [5.74, 6) is 0. The van der Waals surface area contributed by atoms with Crippen molar-refractivity contribution >= 4 is 34.5 Å². The zero-order valence-corrected chi connectivity index (χ0v) is 10.1. The SMILES string of the molecule is Clc1ccsc1CC1=CC(Cl)CCC1. The van der Waals surface area contributed by atoms with Crippen LogP contribution in [0.3, 0.4) is 0 Å². The third-order valence-electron chi connectivity index (χ3n) is 2.47. The van der Waals surface area contributed by atoms with Gasteiger partial charge < -0.3 is 0 Å². The van der Waals surface area contributed by atoms with Gasteiger partial charge in [0, 0.05) is 11.3 Å². The van der Waals surface area contributed by atoms with Gasteiger partial charge in [-0.1, -0.05) is 23.3 Å². The molecule has 0 bridgehead atoms. The molecule has 76 valence electrons. The molecule has 0 N–H and O–H groups in total. The Morgan fingerprint density at radius 1 is 1.50 bits per heavy atom. The van der Waals surface area contributed by atoms with Gasteiger partial charge in [-0.15, -0.1) is 22.9 Å². The number of halogens is 2. The van der Waals surface area contributed by atoms with E-state index in [0.29, 0.717) is 0 Å². The summed E-state index contributed by atoms with van der Waals surface area (Å²) in [4.78, 5) is 1.27. The molecule has 1 unspecified atom stereocenters. The first-order valence-corrected chi connectivity index (χ1v) is 6.50. The first kappa shape index (κ1) is 10.5.